The molecule has 1 heterocycles. The Balaban J connectivity index is 1.93. The molecule has 1 aliphatic carbocycles. The summed E-state index contributed by atoms with van der Waals surface area (Å²) in [5.74, 6) is 0.640. The minimum Gasteiger partial charge on any atom is -0.378 e. The molecule has 104 valence electrons. The zero-order valence-electron chi connectivity index (χ0n) is 11.1. The number of hydrogen-bond donors (Lipinski definition) is 1. The molecule has 0 aromatic heterocycles. The molecular weight excluding hydrogens is 281 g/mol. The van der Waals surface area contributed by atoms with Gasteiger partial charge in [-0.25, -0.2) is 0 Å². The van der Waals surface area contributed by atoms with Crippen LogP contribution in [0, 0.1) is 5.92 Å². The van der Waals surface area contributed by atoms with Gasteiger partial charge in [0, 0.05) is 18.6 Å². The standard InChI is InChI=1S/C15H19Cl2NO/c1-2-19-12-5-11-8-18-9-15(11,7-12)10-3-4-13(16)14(17)6-10/h3-4,6,11-12,18H,2,5,7-9H2,1H3/t11-,12+,15-/m1/s1. The van der Waals surface area contributed by atoms with Gasteiger partial charge in [0.1, 0.15) is 0 Å². The second kappa shape index (κ2) is 5.25. The summed E-state index contributed by atoms with van der Waals surface area (Å²) in [4.78, 5) is 0. The van der Waals surface area contributed by atoms with E-state index in [0.29, 0.717) is 22.1 Å². The minimum absolute atomic E-state index is 0.175. The van der Waals surface area contributed by atoms with E-state index in [9.17, 15) is 0 Å². The van der Waals surface area contributed by atoms with E-state index < -0.39 is 0 Å². The third-order valence-corrected chi connectivity index (χ3v) is 5.39. The molecule has 0 amide bonds. The molecule has 2 nitrogen and oxygen atoms in total. The highest BCUT2D eigenvalue weighted by Crippen LogP contribution is 2.49. The quantitative estimate of drug-likeness (QED) is 0.920. The lowest BCUT2D eigenvalue weighted by molar-refractivity contribution is 0.0613. The topological polar surface area (TPSA) is 21.3 Å². The Labute approximate surface area is 124 Å². The van der Waals surface area contributed by atoms with Gasteiger partial charge >= 0.3 is 0 Å². The van der Waals surface area contributed by atoms with Crippen LogP contribution in [0.15, 0.2) is 18.2 Å². The van der Waals surface area contributed by atoms with Gasteiger partial charge < -0.3 is 10.1 Å². The predicted octanol–water partition coefficient (Wildman–Crippen LogP) is 3.65. The lowest BCUT2D eigenvalue weighted by Crippen LogP contribution is -2.31. The monoisotopic (exact) mass is 299 g/mol. The van der Waals surface area contributed by atoms with E-state index in [1.54, 1.807) is 0 Å². The maximum atomic E-state index is 6.19. The predicted molar refractivity (Wildman–Crippen MR) is 79.1 cm³/mol. The van der Waals surface area contributed by atoms with Crippen LogP contribution in [0.2, 0.25) is 10.0 Å². The second-order valence-electron chi connectivity index (χ2n) is 5.63. The molecule has 2 aliphatic rings. The van der Waals surface area contributed by atoms with Crippen molar-refractivity contribution in [3.63, 3.8) is 0 Å². The molecule has 2 fully saturated rings. The van der Waals surface area contributed by atoms with Crippen LogP contribution in [-0.2, 0) is 10.2 Å². The van der Waals surface area contributed by atoms with Crippen molar-refractivity contribution in [3.8, 4) is 0 Å². The fourth-order valence-corrected chi connectivity index (χ4v) is 4.09. The van der Waals surface area contributed by atoms with Crippen LogP contribution in [0.5, 0.6) is 0 Å². The normalized spacial score (nSPS) is 33.6. The molecule has 1 saturated heterocycles. The first kappa shape index (κ1) is 13.7. The number of halogens is 2. The van der Waals surface area contributed by atoms with Gasteiger partial charge in [-0.3, -0.25) is 0 Å². The number of fused-ring (bicyclic) bond motifs is 1. The van der Waals surface area contributed by atoms with Crippen molar-refractivity contribution in [1.29, 1.82) is 0 Å². The third-order valence-electron chi connectivity index (χ3n) is 4.65. The number of ether oxygens (including phenoxy) is 1. The Morgan fingerprint density at radius 3 is 2.95 bits per heavy atom. The van der Waals surface area contributed by atoms with Crippen molar-refractivity contribution < 1.29 is 4.74 Å². The van der Waals surface area contributed by atoms with Gasteiger partial charge in [0.15, 0.2) is 0 Å². The fraction of sp³-hybridized carbons (Fsp3) is 0.600. The molecular formula is C15H19Cl2NO. The van der Waals surface area contributed by atoms with Gasteiger partial charge in [-0.1, -0.05) is 29.3 Å². The van der Waals surface area contributed by atoms with E-state index in [4.69, 9.17) is 27.9 Å². The first-order chi connectivity index (χ1) is 9.15. The van der Waals surface area contributed by atoms with Crippen molar-refractivity contribution in [2.45, 2.75) is 31.3 Å². The molecule has 19 heavy (non-hydrogen) atoms. The van der Waals surface area contributed by atoms with Gasteiger partial charge in [-0.15, -0.1) is 0 Å². The summed E-state index contributed by atoms with van der Waals surface area (Å²) in [5.41, 5.74) is 1.48. The first-order valence-corrected chi connectivity index (χ1v) is 7.69. The molecule has 0 bridgehead atoms. The largest absolute Gasteiger partial charge is 0.378 e. The summed E-state index contributed by atoms with van der Waals surface area (Å²) in [6, 6.07) is 6.08. The number of nitrogens with one attached hydrogen (secondary N) is 1. The van der Waals surface area contributed by atoms with Crippen molar-refractivity contribution in [3.05, 3.63) is 33.8 Å². The molecule has 3 atom stereocenters. The van der Waals surface area contributed by atoms with Gasteiger partial charge in [0.05, 0.1) is 16.1 Å². The van der Waals surface area contributed by atoms with E-state index in [-0.39, 0.29) is 5.41 Å². The molecule has 4 heteroatoms. The Hall–Kier alpha value is -0.280. The van der Waals surface area contributed by atoms with Crippen LogP contribution in [0.1, 0.15) is 25.3 Å². The molecule has 0 spiro atoms. The first-order valence-electron chi connectivity index (χ1n) is 6.93. The van der Waals surface area contributed by atoms with Crippen LogP contribution < -0.4 is 5.32 Å². The molecule has 1 aromatic carbocycles. The Morgan fingerprint density at radius 2 is 2.21 bits per heavy atom. The summed E-state index contributed by atoms with van der Waals surface area (Å²) in [7, 11) is 0. The van der Waals surface area contributed by atoms with Crippen LogP contribution in [0.3, 0.4) is 0 Å². The summed E-state index contributed by atoms with van der Waals surface area (Å²) >= 11 is 12.2. The lowest BCUT2D eigenvalue weighted by atomic mass is 9.74. The molecule has 1 aliphatic heterocycles. The second-order valence-corrected chi connectivity index (χ2v) is 6.44. The Bertz CT molecular complexity index is 479. The SMILES string of the molecule is CCO[C@H]1C[C@@H]2CNC[C@@]2(c2ccc(Cl)c(Cl)c2)C1. The van der Waals surface area contributed by atoms with Crippen LogP contribution in [0.4, 0.5) is 0 Å². The maximum absolute atomic E-state index is 6.19. The highest BCUT2D eigenvalue weighted by atomic mass is 35.5. The van der Waals surface area contributed by atoms with Gasteiger partial charge in [-0.2, -0.15) is 0 Å². The van der Waals surface area contributed by atoms with Gasteiger partial charge in [-0.05, 0) is 49.9 Å². The van der Waals surface area contributed by atoms with Crippen molar-refractivity contribution in [1.82, 2.24) is 5.32 Å². The highest BCUT2D eigenvalue weighted by molar-refractivity contribution is 6.42. The highest BCUT2D eigenvalue weighted by Gasteiger charge is 2.51. The molecule has 1 saturated carbocycles. The molecule has 1 N–H and O–H groups in total. The van der Waals surface area contributed by atoms with Crippen molar-refractivity contribution in [2.75, 3.05) is 19.7 Å². The fourth-order valence-electron chi connectivity index (χ4n) is 3.79. The van der Waals surface area contributed by atoms with E-state index in [1.165, 1.54) is 5.56 Å². The zero-order valence-corrected chi connectivity index (χ0v) is 12.6. The number of rotatable bonds is 3. The van der Waals surface area contributed by atoms with Gasteiger partial charge in [0.25, 0.3) is 0 Å². The van der Waals surface area contributed by atoms with E-state index in [1.807, 2.05) is 12.1 Å². The smallest absolute Gasteiger partial charge is 0.0595 e. The van der Waals surface area contributed by atoms with Gasteiger partial charge in [0.2, 0.25) is 0 Å². The zero-order chi connectivity index (χ0) is 13.5. The molecule has 0 radical (unpaired) electrons. The average Bonchev–Trinajstić information content (AvgIpc) is 2.90. The lowest BCUT2D eigenvalue weighted by Gasteiger charge is -2.29. The summed E-state index contributed by atoms with van der Waals surface area (Å²) < 4.78 is 5.85. The number of benzene rings is 1. The van der Waals surface area contributed by atoms with Crippen molar-refractivity contribution >= 4 is 23.2 Å². The van der Waals surface area contributed by atoms with Crippen LogP contribution >= 0.6 is 23.2 Å². The Kier molecular flexibility index (Phi) is 3.78. The van der Waals surface area contributed by atoms with Crippen molar-refractivity contribution in [2.24, 2.45) is 5.92 Å². The minimum atomic E-state index is 0.175. The van der Waals surface area contributed by atoms with Crippen LogP contribution in [-0.4, -0.2) is 25.8 Å². The molecule has 1 aromatic rings. The summed E-state index contributed by atoms with van der Waals surface area (Å²) in [6.07, 6.45) is 2.60. The van der Waals surface area contributed by atoms with E-state index in [2.05, 4.69) is 18.3 Å². The average molecular weight is 300 g/mol. The maximum Gasteiger partial charge on any atom is 0.0595 e. The summed E-state index contributed by atoms with van der Waals surface area (Å²) in [6.45, 7) is 4.95. The van der Waals surface area contributed by atoms with E-state index in [0.717, 1.165) is 32.5 Å². The summed E-state index contributed by atoms with van der Waals surface area (Å²) in [5, 5.41) is 4.81. The van der Waals surface area contributed by atoms with E-state index >= 15 is 0 Å². The van der Waals surface area contributed by atoms with Crippen LogP contribution in [0.25, 0.3) is 0 Å². The molecule has 0 unspecified atom stereocenters. The molecule has 3 rings (SSSR count). The third kappa shape index (κ3) is 2.29. The Morgan fingerprint density at radius 1 is 1.37 bits per heavy atom. The number of hydrogen-bond acceptors (Lipinski definition) is 2.